The zero-order chi connectivity index (χ0) is 9.97. The van der Waals surface area contributed by atoms with Gasteiger partial charge in [0.2, 0.25) is 0 Å². The van der Waals surface area contributed by atoms with Gasteiger partial charge in [0.15, 0.2) is 5.82 Å². The maximum atomic E-state index is 12.8. The largest absolute Gasteiger partial charge is 0.334 e. The lowest BCUT2D eigenvalue weighted by atomic mass is 10.3. The van der Waals surface area contributed by atoms with Gasteiger partial charge in [-0.3, -0.25) is 4.98 Å². The van der Waals surface area contributed by atoms with Crippen LogP contribution in [0.25, 0.3) is 11.5 Å². The van der Waals surface area contributed by atoms with Crippen LogP contribution in [0.4, 0.5) is 4.39 Å². The third-order valence-electron chi connectivity index (χ3n) is 1.54. The van der Waals surface area contributed by atoms with Gasteiger partial charge in [-0.2, -0.15) is 4.98 Å². The van der Waals surface area contributed by atoms with E-state index in [1.54, 1.807) is 0 Å². The van der Waals surface area contributed by atoms with Crippen LogP contribution in [0.3, 0.4) is 0 Å². The van der Waals surface area contributed by atoms with Gasteiger partial charge in [0.1, 0.15) is 5.82 Å². The molecule has 0 amide bonds. The molecule has 0 aliphatic carbocycles. The van der Waals surface area contributed by atoms with Crippen molar-refractivity contribution in [3.05, 3.63) is 30.1 Å². The highest BCUT2D eigenvalue weighted by molar-refractivity contribution is 6.16. The van der Waals surface area contributed by atoms with Crippen LogP contribution in [-0.4, -0.2) is 15.1 Å². The summed E-state index contributed by atoms with van der Waals surface area (Å²) in [5, 5.41) is 3.57. The number of pyridine rings is 1. The Labute approximate surface area is 83.7 Å². The van der Waals surface area contributed by atoms with Crippen LogP contribution in [0.1, 0.15) is 5.82 Å². The van der Waals surface area contributed by atoms with Gasteiger partial charge in [0.25, 0.3) is 5.89 Å². The van der Waals surface area contributed by atoms with E-state index in [0.717, 1.165) is 6.20 Å². The first-order chi connectivity index (χ1) is 6.79. The predicted molar refractivity (Wildman–Crippen MR) is 47.0 cm³/mol. The van der Waals surface area contributed by atoms with E-state index in [0.29, 0.717) is 11.4 Å². The topological polar surface area (TPSA) is 51.8 Å². The smallest absolute Gasteiger partial charge is 0.259 e. The number of hydrogen-bond donors (Lipinski definition) is 0. The van der Waals surface area contributed by atoms with Crippen LogP contribution in [0.2, 0.25) is 0 Å². The molecule has 2 aromatic rings. The summed E-state index contributed by atoms with van der Waals surface area (Å²) < 4.78 is 17.6. The number of hydrogen-bond acceptors (Lipinski definition) is 4. The standard InChI is InChI=1S/C8H5ClFN3O/c9-2-7-12-8(14-13-7)5-1-6(10)4-11-3-5/h1,3-4H,2H2. The molecule has 0 saturated carbocycles. The third-order valence-corrected chi connectivity index (χ3v) is 1.78. The lowest BCUT2D eigenvalue weighted by Gasteiger charge is -1.91. The molecule has 4 nitrogen and oxygen atoms in total. The Kier molecular flexibility index (Phi) is 2.41. The van der Waals surface area contributed by atoms with Gasteiger partial charge >= 0.3 is 0 Å². The van der Waals surface area contributed by atoms with Crippen molar-refractivity contribution in [1.82, 2.24) is 15.1 Å². The number of alkyl halides is 1. The molecule has 0 spiro atoms. The number of rotatable bonds is 2. The van der Waals surface area contributed by atoms with E-state index in [9.17, 15) is 4.39 Å². The molecule has 0 aliphatic rings. The van der Waals surface area contributed by atoms with Crippen molar-refractivity contribution in [2.45, 2.75) is 5.88 Å². The highest BCUT2D eigenvalue weighted by Gasteiger charge is 2.08. The molecule has 0 radical (unpaired) electrons. The second-order valence-electron chi connectivity index (χ2n) is 2.54. The van der Waals surface area contributed by atoms with Crippen LogP contribution >= 0.6 is 11.6 Å². The van der Waals surface area contributed by atoms with Gasteiger partial charge in [-0.15, -0.1) is 11.6 Å². The zero-order valence-corrected chi connectivity index (χ0v) is 7.70. The summed E-state index contributed by atoms with van der Waals surface area (Å²) in [7, 11) is 0. The third kappa shape index (κ3) is 1.72. The Morgan fingerprint density at radius 2 is 2.29 bits per heavy atom. The van der Waals surface area contributed by atoms with Gasteiger partial charge in [-0.1, -0.05) is 5.16 Å². The van der Waals surface area contributed by atoms with E-state index in [1.165, 1.54) is 12.3 Å². The second-order valence-corrected chi connectivity index (χ2v) is 2.81. The monoisotopic (exact) mass is 213 g/mol. The summed E-state index contributed by atoms with van der Waals surface area (Å²) in [4.78, 5) is 7.58. The fraction of sp³-hybridized carbons (Fsp3) is 0.125. The predicted octanol–water partition coefficient (Wildman–Crippen LogP) is 2.01. The molecule has 0 N–H and O–H groups in total. The average Bonchev–Trinajstić information content (AvgIpc) is 2.66. The van der Waals surface area contributed by atoms with Crippen LogP contribution in [-0.2, 0) is 5.88 Å². The van der Waals surface area contributed by atoms with Crippen molar-refractivity contribution < 1.29 is 8.91 Å². The molecule has 0 saturated heterocycles. The van der Waals surface area contributed by atoms with Crippen LogP contribution < -0.4 is 0 Å². The molecule has 2 aromatic heterocycles. The van der Waals surface area contributed by atoms with Crippen molar-refractivity contribution >= 4 is 11.6 Å². The Morgan fingerprint density at radius 1 is 1.43 bits per heavy atom. The molecule has 0 fully saturated rings. The lowest BCUT2D eigenvalue weighted by Crippen LogP contribution is -1.84. The van der Waals surface area contributed by atoms with E-state index in [4.69, 9.17) is 16.1 Å². The molecule has 2 rings (SSSR count). The molecule has 0 atom stereocenters. The molecule has 14 heavy (non-hydrogen) atoms. The normalized spacial score (nSPS) is 10.4. The summed E-state index contributed by atoms with van der Waals surface area (Å²) in [5.41, 5.74) is 0.439. The minimum Gasteiger partial charge on any atom is -0.334 e. The summed E-state index contributed by atoms with van der Waals surface area (Å²) in [6.07, 6.45) is 2.54. The molecular weight excluding hydrogens is 209 g/mol. The second kappa shape index (κ2) is 3.71. The number of nitrogens with zero attached hydrogens (tertiary/aromatic N) is 3. The van der Waals surface area contributed by atoms with Crippen LogP contribution in [0, 0.1) is 5.82 Å². The SMILES string of the molecule is Fc1cncc(-c2nc(CCl)no2)c1. The summed E-state index contributed by atoms with van der Waals surface area (Å²) in [5.74, 6) is 0.290. The highest BCUT2D eigenvalue weighted by atomic mass is 35.5. The maximum Gasteiger partial charge on any atom is 0.259 e. The first-order valence-corrected chi connectivity index (χ1v) is 4.32. The van der Waals surface area contributed by atoms with Crippen molar-refractivity contribution in [2.24, 2.45) is 0 Å². The fourth-order valence-corrected chi connectivity index (χ4v) is 1.06. The summed E-state index contributed by atoms with van der Waals surface area (Å²) in [6.45, 7) is 0. The molecule has 0 aromatic carbocycles. The number of aromatic nitrogens is 3. The Balaban J connectivity index is 2.39. The first kappa shape index (κ1) is 9.08. The molecule has 0 unspecified atom stereocenters. The van der Waals surface area contributed by atoms with Crippen molar-refractivity contribution in [3.63, 3.8) is 0 Å². The molecule has 6 heteroatoms. The van der Waals surface area contributed by atoms with Gasteiger partial charge in [-0.25, -0.2) is 4.39 Å². The summed E-state index contributed by atoms with van der Waals surface area (Å²) >= 11 is 5.48. The van der Waals surface area contributed by atoms with E-state index in [2.05, 4.69) is 15.1 Å². The fourth-order valence-electron chi connectivity index (χ4n) is 0.954. The Morgan fingerprint density at radius 3 is 2.93 bits per heavy atom. The Bertz CT molecular complexity index is 446. The quantitative estimate of drug-likeness (QED) is 0.716. The molecule has 2 heterocycles. The van der Waals surface area contributed by atoms with Crippen molar-refractivity contribution in [3.8, 4) is 11.5 Å². The minimum atomic E-state index is -0.451. The molecular formula is C8H5ClFN3O. The van der Waals surface area contributed by atoms with E-state index in [1.807, 2.05) is 0 Å². The highest BCUT2D eigenvalue weighted by Crippen LogP contribution is 2.16. The van der Waals surface area contributed by atoms with Crippen molar-refractivity contribution in [1.29, 1.82) is 0 Å². The van der Waals surface area contributed by atoms with Crippen LogP contribution in [0.15, 0.2) is 23.0 Å². The minimum absolute atomic E-state index is 0.159. The van der Waals surface area contributed by atoms with Gasteiger partial charge in [0.05, 0.1) is 17.6 Å². The molecule has 0 aliphatic heterocycles. The average molecular weight is 214 g/mol. The maximum absolute atomic E-state index is 12.8. The molecule has 72 valence electrons. The lowest BCUT2D eigenvalue weighted by molar-refractivity contribution is 0.424. The van der Waals surface area contributed by atoms with Gasteiger partial charge in [0, 0.05) is 6.20 Å². The van der Waals surface area contributed by atoms with E-state index < -0.39 is 5.82 Å². The van der Waals surface area contributed by atoms with E-state index in [-0.39, 0.29) is 11.8 Å². The van der Waals surface area contributed by atoms with E-state index >= 15 is 0 Å². The Hall–Kier alpha value is -1.49. The zero-order valence-electron chi connectivity index (χ0n) is 6.94. The van der Waals surface area contributed by atoms with Gasteiger partial charge < -0.3 is 4.52 Å². The summed E-state index contributed by atoms with van der Waals surface area (Å²) in [6, 6.07) is 1.26. The first-order valence-electron chi connectivity index (χ1n) is 3.79. The molecule has 0 bridgehead atoms. The van der Waals surface area contributed by atoms with Crippen molar-refractivity contribution in [2.75, 3.05) is 0 Å². The van der Waals surface area contributed by atoms with Gasteiger partial charge in [-0.05, 0) is 6.07 Å². The number of halogens is 2. The van der Waals surface area contributed by atoms with Crippen LogP contribution in [0.5, 0.6) is 0 Å².